The molecule has 0 spiro atoms. The summed E-state index contributed by atoms with van der Waals surface area (Å²) in [6, 6.07) is 17.1. The number of hydrogen-bond acceptors (Lipinski definition) is 4. The summed E-state index contributed by atoms with van der Waals surface area (Å²) >= 11 is 11.9. The van der Waals surface area contributed by atoms with Crippen molar-refractivity contribution in [3.05, 3.63) is 106 Å². The van der Waals surface area contributed by atoms with E-state index >= 15 is 0 Å². The Morgan fingerprint density at radius 1 is 0.971 bits per heavy atom. The molecule has 0 saturated heterocycles. The number of halogens is 2. The maximum absolute atomic E-state index is 13.0. The molecule has 9 heteroatoms. The fourth-order valence-corrected chi connectivity index (χ4v) is 3.53. The van der Waals surface area contributed by atoms with Crippen molar-refractivity contribution >= 4 is 41.1 Å². The first kappa shape index (κ1) is 24.3. The number of aromatic nitrogens is 2. The second-order valence-electron chi connectivity index (χ2n) is 7.64. The summed E-state index contributed by atoms with van der Waals surface area (Å²) in [4.78, 5) is 29.7. The Bertz CT molecular complexity index is 1310. The van der Waals surface area contributed by atoms with Crippen LogP contribution in [0.15, 0.2) is 89.5 Å². The van der Waals surface area contributed by atoms with E-state index in [4.69, 9.17) is 27.6 Å². The van der Waals surface area contributed by atoms with Gasteiger partial charge in [0.05, 0.1) is 6.33 Å². The lowest BCUT2D eigenvalue weighted by atomic mass is 10.2. The number of aryl methyl sites for hydroxylation is 1. The number of imidazole rings is 1. The normalized spacial score (nSPS) is 11.3. The Balaban J connectivity index is 1.50. The number of carbonyl (C=O) groups is 2. The first-order valence-corrected chi connectivity index (χ1v) is 11.6. The predicted molar refractivity (Wildman–Crippen MR) is 136 cm³/mol. The maximum Gasteiger partial charge on any atom is 0.267 e. The lowest BCUT2D eigenvalue weighted by Crippen LogP contribution is -2.35. The fourth-order valence-electron chi connectivity index (χ4n) is 3.27. The highest BCUT2D eigenvalue weighted by Crippen LogP contribution is 2.24. The van der Waals surface area contributed by atoms with E-state index < -0.39 is 11.8 Å². The lowest BCUT2D eigenvalue weighted by Gasteiger charge is -2.11. The van der Waals surface area contributed by atoms with Crippen LogP contribution in [-0.4, -0.2) is 27.9 Å². The molecule has 2 heterocycles. The molecule has 0 bridgehead atoms. The second kappa shape index (κ2) is 11.6. The number of benzene rings is 2. The summed E-state index contributed by atoms with van der Waals surface area (Å²) in [5, 5.41) is 6.66. The van der Waals surface area contributed by atoms with Crippen LogP contribution >= 0.6 is 23.2 Å². The number of nitrogens with zero attached hydrogens (tertiary/aromatic N) is 2. The van der Waals surface area contributed by atoms with Gasteiger partial charge in [0.2, 0.25) is 0 Å². The summed E-state index contributed by atoms with van der Waals surface area (Å²) in [5.74, 6) is 0.153. The van der Waals surface area contributed by atoms with Crippen LogP contribution in [-0.2, 0) is 11.3 Å². The van der Waals surface area contributed by atoms with Crippen LogP contribution in [0, 0.1) is 0 Å². The van der Waals surface area contributed by atoms with Crippen LogP contribution in [0.1, 0.15) is 22.5 Å². The molecule has 0 radical (unpaired) electrons. The average molecular weight is 509 g/mol. The molecule has 0 fully saturated rings. The van der Waals surface area contributed by atoms with Gasteiger partial charge in [0.15, 0.2) is 0 Å². The summed E-state index contributed by atoms with van der Waals surface area (Å²) in [6.45, 7) is 1.12. The minimum Gasteiger partial charge on any atom is -0.457 e. The summed E-state index contributed by atoms with van der Waals surface area (Å²) < 4.78 is 7.81. The molecular formula is C26H22Cl2N4O3. The molecular weight excluding hydrogens is 487 g/mol. The van der Waals surface area contributed by atoms with Gasteiger partial charge in [-0.3, -0.25) is 9.59 Å². The first-order valence-electron chi connectivity index (χ1n) is 10.9. The monoisotopic (exact) mass is 508 g/mol. The minimum absolute atomic E-state index is 0.0598. The minimum atomic E-state index is -0.439. The van der Waals surface area contributed by atoms with Gasteiger partial charge in [-0.15, -0.1) is 0 Å². The molecule has 4 rings (SSSR count). The topological polar surface area (TPSA) is 89.2 Å². The second-order valence-corrected chi connectivity index (χ2v) is 8.51. The van der Waals surface area contributed by atoms with Gasteiger partial charge in [-0.2, -0.15) is 0 Å². The molecule has 2 aromatic heterocycles. The number of rotatable bonds is 9. The molecule has 0 saturated carbocycles. The molecule has 0 atom stereocenters. The predicted octanol–water partition coefficient (Wildman–Crippen LogP) is 5.43. The highest BCUT2D eigenvalue weighted by Gasteiger charge is 2.16. The van der Waals surface area contributed by atoms with Crippen LogP contribution < -0.4 is 10.6 Å². The Hall–Kier alpha value is -3.81. The Kier molecular flexibility index (Phi) is 8.03. The fraction of sp³-hybridized carbons (Fsp3) is 0.115. The molecule has 35 heavy (non-hydrogen) atoms. The maximum atomic E-state index is 13.0. The molecule has 0 aliphatic rings. The number of hydrogen-bond donors (Lipinski definition) is 2. The molecule has 0 aliphatic heterocycles. The van der Waals surface area contributed by atoms with Gasteiger partial charge in [-0.05, 0) is 67.1 Å². The molecule has 7 nitrogen and oxygen atoms in total. The van der Waals surface area contributed by atoms with Crippen molar-refractivity contribution in [2.24, 2.45) is 0 Å². The summed E-state index contributed by atoms with van der Waals surface area (Å²) in [5.41, 5.74) is 1.27. The van der Waals surface area contributed by atoms with E-state index in [-0.39, 0.29) is 5.70 Å². The van der Waals surface area contributed by atoms with Gasteiger partial charge in [-0.25, -0.2) is 4.98 Å². The zero-order chi connectivity index (χ0) is 24.6. The van der Waals surface area contributed by atoms with E-state index in [1.165, 1.54) is 6.08 Å². The molecule has 0 unspecified atom stereocenters. The Morgan fingerprint density at radius 2 is 1.69 bits per heavy atom. The largest absolute Gasteiger partial charge is 0.457 e. The molecule has 2 aromatic carbocycles. The third-order valence-electron chi connectivity index (χ3n) is 5.08. The third kappa shape index (κ3) is 6.85. The number of amides is 2. The summed E-state index contributed by atoms with van der Waals surface area (Å²) in [7, 11) is 0. The smallest absolute Gasteiger partial charge is 0.267 e. The molecule has 4 aromatic rings. The van der Waals surface area contributed by atoms with Gasteiger partial charge < -0.3 is 19.6 Å². The SMILES string of the molecule is O=C(NCCCn1ccnc1)/C(=C/c1ccc(-c2ccc(Cl)cc2)o1)NC(=O)c1ccc(Cl)cc1. The van der Waals surface area contributed by atoms with Gasteiger partial charge in [-0.1, -0.05) is 23.2 Å². The zero-order valence-electron chi connectivity index (χ0n) is 18.6. The van der Waals surface area contributed by atoms with E-state index in [0.29, 0.717) is 46.6 Å². The van der Waals surface area contributed by atoms with Crippen molar-refractivity contribution in [2.75, 3.05) is 6.54 Å². The number of carbonyl (C=O) groups excluding carboxylic acids is 2. The highest BCUT2D eigenvalue weighted by atomic mass is 35.5. The first-order chi connectivity index (χ1) is 17.0. The van der Waals surface area contributed by atoms with E-state index in [9.17, 15) is 9.59 Å². The van der Waals surface area contributed by atoms with Crippen LogP contribution in [0.4, 0.5) is 0 Å². The molecule has 0 aliphatic carbocycles. The third-order valence-corrected chi connectivity index (χ3v) is 5.58. The van der Waals surface area contributed by atoms with Crippen molar-refractivity contribution in [3.8, 4) is 11.3 Å². The van der Waals surface area contributed by atoms with Crippen molar-refractivity contribution < 1.29 is 14.0 Å². The van der Waals surface area contributed by atoms with Crippen molar-refractivity contribution in [3.63, 3.8) is 0 Å². The standard InChI is InChI=1S/C26H22Cl2N4O3/c27-20-6-2-18(3-7-20)24-11-10-22(35-24)16-23(31-25(33)19-4-8-21(28)9-5-19)26(34)30-12-1-14-32-15-13-29-17-32/h2-11,13,15-17H,1,12,14H2,(H,30,34)(H,31,33)/b23-16-. The molecule has 2 N–H and O–H groups in total. The quantitative estimate of drug-likeness (QED) is 0.233. The lowest BCUT2D eigenvalue weighted by molar-refractivity contribution is -0.117. The van der Waals surface area contributed by atoms with Crippen LogP contribution in [0.3, 0.4) is 0 Å². The van der Waals surface area contributed by atoms with E-state index in [1.807, 2.05) is 22.9 Å². The molecule has 2 amide bonds. The van der Waals surface area contributed by atoms with Crippen LogP contribution in [0.25, 0.3) is 17.4 Å². The van der Waals surface area contributed by atoms with Crippen molar-refractivity contribution in [1.29, 1.82) is 0 Å². The van der Waals surface area contributed by atoms with Crippen molar-refractivity contribution in [1.82, 2.24) is 20.2 Å². The van der Waals surface area contributed by atoms with Gasteiger partial charge >= 0.3 is 0 Å². The van der Waals surface area contributed by atoms with E-state index in [2.05, 4.69) is 15.6 Å². The highest BCUT2D eigenvalue weighted by molar-refractivity contribution is 6.31. The van der Waals surface area contributed by atoms with Crippen LogP contribution in [0.2, 0.25) is 10.0 Å². The summed E-state index contributed by atoms with van der Waals surface area (Å²) in [6.07, 6.45) is 7.47. The van der Waals surface area contributed by atoms with E-state index in [1.54, 1.807) is 61.1 Å². The average Bonchev–Trinajstić information content (AvgIpc) is 3.54. The zero-order valence-corrected chi connectivity index (χ0v) is 20.1. The van der Waals surface area contributed by atoms with Gasteiger partial charge in [0, 0.05) is 52.7 Å². The van der Waals surface area contributed by atoms with Crippen molar-refractivity contribution in [2.45, 2.75) is 13.0 Å². The van der Waals surface area contributed by atoms with Gasteiger partial charge in [0.25, 0.3) is 11.8 Å². The van der Waals surface area contributed by atoms with Crippen LogP contribution in [0.5, 0.6) is 0 Å². The Morgan fingerprint density at radius 3 is 2.37 bits per heavy atom. The van der Waals surface area contributed by atoms with E-state index in [0.717, 1.165) is 5.56 Å². The number of furan rings is 1. The number of nitrogens with one attached hydrogen (secondary N) is 2. The molecule has 178 valence electrons. The van der Waals surface area contributed by atoms with Gasteiger partial charge in [0.1, 0.15) is 17.2 Å². The Labute approximate surface area is 212 Å².